The second kappa shape index (κ2) is 9.54. The van der Waals surface area contributed by atoms with Gasteiger partial charge >= 0.3 is 0 Å². The van der Waals surface area contributed by atoms with Crippen molar-refractivity contribution >= 4 is 23.7 Å². The zero-order valence-electron chi connectivity index (χ0n) is 14.0. The molecule has 0 radical (unpaired) electrons. The number of para-hydroxylation sites is 2. The molecule has 0 aromatic heterocycles. The van der Waals surface area contributed by atoms with Crippen LogP contribution >= 0.6 is 11.6 Å². The van der Waals surface area contributed by atoms with Crippen molar-refractivity contribution in [2.24, 2.45) is 5.10 Å². The summed E-state index contributed by atoms with van der Waals surface area (Å²) in [7, 11) is 1.59. The molecule has 0 unspecified atom stereocenters. The molecule has 0 spiro atoms. The number of hydrazone groups is 1. The first-order valence-electron chi connectivity index (χ1n) is 7.58. The van der Waals surface area contributed by atoms with E-state index in [1.165, 1.54) is 13.1 Å². The van der Waals surface area contributed by atoms with Crippen molar-refractivity contribution in [2.45, 2.75) is 6.92 Å². The SMILES string of the molecule is COc1ccccc1OCCOc1ccc(Cl)cc1C=NNC(C)=O. The van der Waals surface area contributed by atoms with Crippen molar-refractivity contribution in [1.29, 1.82) is 0 Å². The predicted octanol–water partition coefficient (Wildman–Crippen LogP) is 3.28. The predicted molar refractivity (Wildman–Crippen MR) is 96.8 cm³/mol. The van der Waals surface area contributed by atoms with Crippen molar-refractivity contribution in [1.82, 2.24) is 5.43 Å². The van der Waals surface area contributed by atoms with Crippen molar-refractivity contribution in [3.05, 3.63) is 53.1 Å². The quantitative estimate of drug-likeness (QED) is 0.444. The lowest BCUT2D eigenvalue weighted by atomic mass is 10.2. The molecule has 0 saturated carbocycles. The largest absolute Gasteiger partial charge is 0.493 e. The summed E-state index contributed by atoms with van der Waals surface area (Å²) in [4.78, 5) is 10.9. The molecule has 132 valence electrons. The highest BCUT2D eigenvalue weighted by Crippen LogP contribution is 2.26. The highest BCUT2D eigenvalue weighted by molar-refractivity contribution is 6.30. The summed E-state index contributed by atoms with van der Waals surface area (Å²) >= 11 is 5.99. The molecule has 0 saturated heterocycles. The molecular formula is C18H19ClN2O4. The van der Waals surface area contributed by atoms with Crippen LogP contribution in [0.4, 0.5) is 0 Å². The Hall–Kier alpha value is -2.73. The van der Waals surface area contributed by atoms with Crippen LogP contribution in [-0.2, 0) is 4.79 Å². The van der Waals surface area contributed by atoms with Crippen LogP contribution in [0.3, 0.4) is 0 Å². The first kappa shape index (κ1) is 18.6. The van der Waals surface area contributed by atoms with E-state index < -0.39 is 0 Å². The number of carbonyl (C=O) groups is 1. The molecule has 0 heterocycles. The maximum absolute atomic E-state index is 10.9. The van der Waals surface area contributed by atoms with E-state index in [4.69, 9.17) is 25.8 Å². The lowest BCUT2D eigenvalue weighted by molar-refractivity contribution is -0.118. The van der Waals surface area contributed by atoms with Crippen LogP contribution in [0.25, 0.3) is 0 Å². The van der Waals surface area contributed by atoms with Crippen molar-refractivity contribution in [2.75, 3.05) is 20.3 Å². The van der Waals surface area contributed by atoms with E-state index in [2.05, 4.69) is 10.5 Å². The minimum Gasteiger partial charge on any atom is -0.493 e. The van der Waals surface area contributed by atoms with Gasteiger partial charge in [0.2, 0.25) is 5.91 Å². The van der Waals surface area contributed by atoms with Gasteiger partial charge in [-0.3, -0.25) is 4.79 Å². The summed E-state index contributed by atoms with van der Waals surface area (Å²) < 4.78 is 16.6. The number of nitrogens with zero attached hydrogens (tertiary/aromatic N) is 1. The standard InChI is InChI=1S/C18H19ClN2O4/c1-13(22)21-20-12-14-11-15(19)7-8-16(14)24-9-10-25-18-6-4-3-5-17(18)23-2/h3-8,11-12H,9-10H2,1-2H3,(H,21,22). The Morgan fingerprint density at radius 2 is 1.80 bits per heavy atom. The molecule has 0 aliphatic carbocycles. The summed E-state index contributed by atoms with van der Waals surface area (Å²) in [6, 6.07) is 12.5. The van der Waals surface area contributed by atoms with Gasteiger partial charge in [0.05, 0.1) is 13.3 Å². The Balaban J connectivity index is 1.94. The first-order valence-corrected chi connectivity index (χ1v) is 7.95. The molecular weight excluding hydrogens is 344 g/mol. The fraction of sp³-hybridized carbons (Fsp3) is 0.222. The molecule has 1 N–H and O–H groups in total. The minimum absolute atomic E-state index is 0.258. The van der Waals surface area contributed by atoms with Crippen LogP contribution in [0, 0.1) is 0 Å². The van der Waals surface area contributed by atoms with Gasteiger partial charge in [-0.05, 0) is 30.3 Å². The maximum atomic E-state index is 10.9. The van der Waals surface area contributed by atoms with Gasteiger partial charge in [-0.2, -0.15) is 5.10 Å². The summed E-state index contributed by atoms with van der Waals surface area (Å²) in [5.41, 5.74) is 2.99. The lowest BCUT2D eigenvalue weighted by Gasteiger charge is -2.12. The number of ether oxygens (including phenoxy) is 3. The molecule has 6 nitrogen and oxygen atoms in total. The molecule has 0 aliphatic heterocycles. The van der Waals surface area contributed by atoms with Gasteiger partial charge in [-0.15, -0.1) is 0 Å². The molecule has 2 aromatic rings. The molecule has 1 amide bonds. The molecule has 0 bridgehead atoms. The first-order chi connectivity index (χ1) is 12.1. The van der Waals surface area contributed by atoms with E-state index in [9.17, 15) is 4.79 Å². The third kappa shape index (κ3) is 6.00. The Morgan fingerprint density at radius 1 is 1.12 bits per heavy atom. The summed E-state index contributed by atoms with van der Waals surface area (Å²) in [6.45, 7) is 2.04. The summed E-state index contributed by atoms with van der Waals surface area (Å²) in [5, 5.41) is 4.37. The summed E-state index contributed by atoms with van der Waals surface area (Å²) in [6.07, 6.45) is 1.48. The zero-order valence-corrected chi connectivity index (χ0v) is 14.7. The van der Waals surface area contributed by atoms with Crippen LogP contribution in [0.15, 0.2) is 47.6 Å². The van der Waals surface area contributed by atoms with E-state index in [0.29, 0.717) is 41.0 Å². The second-order valence-electron chi connectivity index (χ2n) is 4.96. The monoisotopic (exact) mass is 362 g/mol. The van der Waals surface area contributed by atoms with E-state index >= 15 is 0 Å². The zero-order chi connectivity index (χ0) is 18.1. The van der Waals surface area contributed by atoms with E-state index in [0.717, 1.165) is 0 Å². The molecule has 2 rings (SSSR count). The highest BCUT2D eigenvalue weighted by atomic mass is 35.5. The van der Waals surface area contributed by atoms with E-state index in [1.54, 1.807) is 25.3 Å². The van der Waals surface area contributed by atoms with E-state index in [-0.39, 0.29) is 5.91 Å². The Bertz CT molecular complexity index is 750. The van der Waals surface area contributed by atoms with Crippen LogP contribution in [0.5, 0.6) is 17.2 Å². The van der Waals surface area contributed by atoms with Crippen LogP contribution in [0.2, 0.25) is 5.02 Å². The smallest absolute Gasteiger partial charge is 0.236 e. The molecule has 2 aromatic carbocycles. The number of benzene rings is 2. The van der Waals surface area contributed by atoms with Gasteiger partial charge in [0, 0.05) is 17.5 Å². The molecule has 7 heteroatoms. The number of hydrogen-bond acceptors (Lipinski definition) is 5. The van der Waals surface area contributed by atoms with Crippen molar-refractivity contribution in [3.8, 4) is 17.2 Å². The Morgan fingerprint density at radius 3 is 2.48 bits per heavy atom. The average molecular weight is 363 g/mol. The Labute approximate surface area is 151 Å². The van der Waals surface area contributed by atoms with Gasteiger partial charge in [-0.1, -0.05) is 23.7 Å². The van der Waals surface area contributed by atoms with Gasteiger partial charge in [-0.25, -0.2) is 5.43 Å². The topological polar surface area (TPSA) is 69.2 Å². The lowest BCUT2D eigenvalue weighted by Crippen LogP contribution is -2.13. The molecule has 0 aliphatic rings. The van der Waals surface area contributed by atoms with Crippen LogP contribution in [-0.4, -0.2) is 32.4 Å². The number of hydrogen-bond donors (Lipinski definition) is 1. The average Bonchev–Trinajstić information content (AvgIpc) is 2.60. The fourth-order valence-electron chi connectivity index (χ4n) is 1.99. The van der Waals surface area contributed by atoms with Crippen molar-refractivity contribution in [3.63, 3.8) is 0 Å². The van der Waals surface area contributed by atoms with Gasteiger partial charge in [0.15, 0.2) is 11.5 Å². The third-order valence-corrected chi connectivity index (χ3v) is 3.30. The molecule has 25 heavy (non-hydrogen) atoms. The van der Waals surface area contributed by atoms with Gasteiger partial charge in [0.25, 0.3) is 0 Å². The Kier molecular flexibility index (Phi) is 7.10. The fourth-order valence-corrected chi connectivity index (χ4v) is 2.17. The van der Waals surface area contributed by atoms with Crippen LogP contribution < -0.4 is 19.6 Å². The molecule has 0 fully saturated rings. The number of carbonyl (C=O) groups excluding carboxylic acids is 1. The number of halogens is 1. The number of rotatable bonds is 8. The summed E-state index contributed by atoms with van der Waals surface area (Å²) in [5.74, 6) is 1.64. The third-order valence-electron chi connectivity index (χ3n) is 3.07. The van der Waals surface area contributed by atoms with Crippen molar-refractivity contribution < 1.29 is 19.0 Å². The molecule has 0 atom stereocenters. The minimum atomic E-state index is -0.258. The van der Waals surface area contributed by atoms with Gasteiger partial charge in [0.1, 0.15) is 19.0 Å². The number of amides is 1. The number of nitrogens with one attached hydrogen (secondary N) is 1. The highest BCUT2D eigenvalue weighted by Gasteiger charge is 2.05. The normalized spacial score (nSPS) is 10.5. The second-order valence-corrected chi connectivity index (χ2v) is 5.39. The maximum Gasteiger partial charge on any atom is 0.236 e. The van der Waals surface area contributed by atoms with Crippen LogP contribution in [0.1, 0.15) is 12.5 Å². The van der Waals surface area contributed by atoms with Gasteiger partial charge < -0.3 is 14.2 Å². The number of methoxy groups -OCH3 is 1. The van der Waals surface area contributed by atoms with E-state index in [1.807, 2.05) is 24.3 Å².